The van der Waals surface area contributed by atoms with Gasteiger partial charge in [-0.05, 0) is 49.9 Å². The predicted octanol–water partition coefficient (Wildman–Crippen LogP) is 3.02. The molecule has 1 aliphatic rings. The molecule has 1 aliphatic heterocycles. The minimum Gasteiger partial charge on any atom is -0.468 e. The second-order valence-corrected chi connectivity index (χ2v) is 6.18. The van der Waals surface area contributed by atoms with Crippen LogP contribution in [-0.2, 0) is 6.54 Å². The zero-order chi connectivity index (χ0) is 16.2. The Morgan fingerprint density at radius 1 is 1.22 bits per heavy atom. The molecule has 124 valence electrons. The summed E-state index contributed by atoms with van der Waals surface area (Å²) in [5.41, 5.74) is 2.13. The molecular weight excluding hydrogens is 293 g/mol. The molecule has 1 aromatic heterocycles. The van der Waals surface area contributed by atoms with Gasteiger partial charge in [-0.2, -0.15) is 0 Å². The Balaban J connectivity index is 1.75. The van der Waals surface area contributed by atoms with Crippen LogP contribution in [0.4, 0.5) is 10.1 Å². The van der Waals surface area contributed by atoms with Crippen LogP contribution in [0.5, 0.6) is 0 Å². The van der Waals surface area contributed by atoms with Gasteiger partial charge < -0.3 is 19.5 Å². The topological polar surface area (TPSA) is 31.7 Å². The van der Waals surface area contributed by atoms with Gasteiger partial charge in [0.05, 0.1) is 12.8 Å². The first-order chi connectivity index (χ1) is 11.1. The fourth-order valence-electron chi connectivity index (χ4n) is 2.98. The highest BCUT2D eigenvalue weighted by Crippen LogP contribution is 2.28. The number of rotatable bonds is 5. The van der Waals surface area contributed by atoms with Gasteiger partial charge in [-0.3, -0.25) is 0 Å². The number of furan rings is 1. The Hall–Kier alpha value is -1.85. The lowest BCUT2D eigenvalue weighted by molar-refractivity contribution is 0.312. The monoisotopic (exact) mass is 317 g/mol. The van der Waals surface area contributed by atoms with Gasteiger partial charge in [0.15, 0.2) is 0 Å². The average molecular weight is 317 g/mol. The number of benzene rings is 1. The van der Waals surface area contributed by atoms with E-state index >= 15 is 0 Å². The van der Waals surface area contributed by atoms with Crippen molar-refractivity contribution in [1.29, 1.82) is 0 Å². The number of nitrogens with zero attached hydrogens (tertiary/aromatic N) is 2. The summed E-state index contributed by atoms with van der Waals surface area (Å²) in [5.74, 6) is 0.693. The molecule has 2 aromatic rings. The fourth-order valence-corrected chi connectivity index (χ4v) is 2.98. The van der Waals surface area contributed by atoms with Crippen LogP contribution >= 0.6 is 0 Å². The Morgan fingerprint density at radius 3 is 2.70 bits per heavy atom. The standard InChI is InChI=1S/C18H24FN3O/c1-14(20-13-16-4-3-11-23-16)17-12-15(19)5-6-18(17)22-9-7-21(2)8-10-22/h3-6,11-12,14,20H,7-10,13H2,1-2H3. The van der Waals surface area contributed by atoms with Gasteiger partial charge >= 0.3 is 0 Å². The first-order valence-electron chi connectivity index (χ1n) is 8.12. The zero-order valence-electron chi connectivity index (χ0n) is 13.8. The van der Waals surface area contributed by atoms with E-state index in [1.807, 2.05) is 18.2 Å². The van der Waals surface area contributed by atoms with Crippen molar-refractivity contribution in [1.82, 2.24) is 10.2 Å². The van der Waals surface area contributed by atoms with E-state index in [1.54, 1.807) is 18.4 Å². The van der Waals surface area contributed by atoms with E-state index in [9.17, 15) is 4.39 Å². The van der Waals surface area contributed by atoms with Gasteiger partial charge in [-0.25, -0.2) is 4.39 Å². The van der Waals surface area contributed by atoms with E-state index < -0.39 is 0 Å². The summed E-state index contributed by atoms with van der Waals surface area (Å²) in [6, 6.07) is 8.96. The predicted molar refractivity (Wildman–Crippen MR) is 90.1 cm³/mol. The second kappa shape index (κ2) is 7.15. The fraction of sp³-hybridized carbons (Fsp3) is 0.444. The first-order valence-corrected chi connectivity index (χ1v) is 8.12. The molecule has 4 nitrogen and oxygen atoms in total. The van der Waals surface area contributed by atoms with E-state index in [1.165, 1.54) is 0 Å². The highest BCUT2D eigenvalue weighted by Gasteiger charge is 2.20. The number of hydrogen-bond acceptors (Lipinski definition) is 4. The lowest BCUT2D eigenvalue weighted by atomic mass is 10.0. The molecule has 0 bridgehead atoms. The third-order valence-electron chi connectivity index (χ3n) is 4.46. The number of hydrogen-bond donors (Lipinski definition) is 1. The van der Waals surface area contributed by atoms with Crippen LogP contribution in [0.1, 0.15) is 24.3 Å². The molecule has 1 unspecified atom stereocenters. The highest BCUT2D eigenvalue weighted by molar-refractivity contribution is 5.55. The molecule has 0 spiro atoms. The Bertz CT molecular complexity index is 621. The molecule has 1 aromatic carbocycles. The molecule has 1 N–H and O–H groups in total. The van der Waals surface area contributed by atoms with Gasteiger partial charge in [0.2, 0.25) is 0 Å². The molecule has 3 rings (SSSR count). The van der Waals surface area contributed by atoms with Crippen molar-refractivity contribution in [3.8, 4) is 0 Å². The smallest absolute Gasteiger partial charge is 0.123 e. The SMILES string of the molecule is CC(NCc1ccco1)c1cc(F)ccc1N1CCN(C)CC1. The van der Waals surface area contributed by atoms with Gasteiger partial charge in [0.25, 0.3) is 0 Å². The minimum absolute atomic E-state index is 0.0467. The highest BCUT2D eigenvalue weighted by atomic mass is 19.1. The minimum atomic E-state index is -0.190. The normalized spacial score (nSPS) is 17.4. The lowest BCUT2D eigenvalue weighted by Gasteiger charge is -2.36. The molecule has 5 heteroatoms. The van der Waals surface area contributed by atoms with E-state index in [-0.39, 0.29) is 11.9 Å². The summed E-state index contributed by atoms with van der Waals surface area (Å²) in [6.45, 7) is 6.71. The summed E-state index contributed by atoms with van der Waals surface area (Å²) in [5, 5.41) is 3.42. The number of halogens is 1. The summed E-state index contributed by atoms with van der Waals surface area (Å²) in [6.07, 6.45) is 1.67. The maximum Gasteiger partial charge on any atom is 0.123 e. The van der Waals surface area contributed by atoms with E-state index in [2.05, 4.69) is 29.1 Å². The molecule has 0 saturated carbocycles. The van der Waals surface area contributed by atoms with E-state index in [4.69, 9.17) is 4.42 Å². The quantitative estimate of drug-likeness (QED) is 0.918. The van der Waals surface area contributed by atoms with Gasteiger partial charge in [0, 0.05) is 37.9 Å². The van der Waals surface area contributed by atoms with Crippen LogP contribution in [0.3, 0.4) is 0 Å². The number of nitrogens with one attached hydrogen (secondary N) is 1. The third-order valence-corrected chi connectivity index (χ3v) is 4.46. The molecule has 23 heavy (non-hydrogen) atoms. The molecule has 0 radical (unpaired) electrons. The van der Waals surface area contributed by atoms with Gasteiger partial charge in [-0.15, -0.1) is 0 Å². The molecular formula is C18H24FN3O. The summed E-state index contributed by atoms with van der Waals surface area (Å²) >= 11 is 0. The molecule has 0 aliphatic carbocycles. The number of anilines is 1. The maximum atomic E-state index is 13.8. The van der Waals surface area contributed by atoms with Crippen LogP contribution in [0.25, 0.3) is 0 Å². The Kier molecular flexibility index (Phi) is 4.98. The van der Waals surface area contributed by atoms with Crippen molar-refractivity contribution >= 4 is 5.69 Å². The van der Waals surface area contributed by atoms with Crippen LogP contribution in [-0.4, -0.2) is 38.1 Å². The Labute approximate surface area is 136 Å². The van der Waals surface area contributed by atoms with Crippen LogP contribution in [0.2, 0.25) is 0 Å². The summed E-state index contributed by atoms with van der Waals surface area (Å²) in [7, 11) is 2.14. The molecule has 1 atom stereocenters. The molecule has 1 saturated heterocycles. The van der Waals surface area contributed by atoms with Crippen molar-refractivity contribution < 1.29 is 8.81 Å². The molecule has 0 amide bonds. The first kappa shape index (κ1) is 16.0. The maximum absolute atomic E-state index is 13.8. The average Bonchev–Trinajstić information content (AvgIpc) is 3.07. The van der Waals surface area contributed by atoms with Crippen LogP contribution in [0.15, 0.2) is 41.0 Å². The van der Waals surface area contributed by atoms with E-state index in [0.717, 1.165) is 43.2 Å². The van der Waals surface area contributed by atoms with Gasteiger partial charge in [-0.1, -0.05) is 0 Å². The molecule has 1 fully saturated rings. The number of likely N-dealkylation sites (N-methyl/N-ethyl adjacent to an activating group) is 1. The summed E-state index contributed by atoms with van der Waals surface area (Å²) < 4.78 is 19.1. The second-order valence-electron chi connectivity index (χ2n) is 6.18. The van der Waals surface area contributed by atoms with Crippen LogP contribution in [0, 0.1) is 5.82 Å². The van der Waals surface area contributed by atoms with Crippen molar-refractivity contribution in [3.05, 3.63) is 53.7 Å². The molecule has 2 heterocycles. The van der Waals surface area contributed by atoms with Gasteiger partial charge in [0.1, 0.15) is 11.6 Å². The Morgan fingerprint density at radius 2 is 2.00 bits per heavy atom. The number of piperazine rings is 1. The van der Waals surface area contributed by atoms with Crippen molar-refractivity contribution in [2.45, 2.75) is 19.5 Å². The van der Waals surface area contributed by atoms with Crippen LogP contribution < -0.4 is 10.2 Å². The largest absolute Gasteiger partial charge is 0.468 e. The van der Waals surface area contributed by atoms with Crippen molar-refractivity contribution in [2.75, 3.05) is 38.1 Å². The summed E-state index contributed by atoms with van der Waals surface area (Å²) in [4.78, 5) is 4.66. The third kappa shape index (κ3) is 3.92. The van der Waals surface area contributed by atoms with E-state index in [0.29, 0.717) is 6.54 Å². The van der Waals surface area contributed by atoms with Crippen molar-refractivity contribution in [2.24, 2.45) is 0 Å². The lowest BCUT2D eigenvalue weighted by Crippen LogP contribution is -2.45. The zero-order valence-corrected chi connectivity index (χ0v) is 13.8. The van der Waals surface area contributed by atoms with Crippen molar-refractivity contribution in [3.63, 3.8) is 0 Å².